The fraction of sp³-hybridized carbons (Fsp3) is 0.211. The first-order valence-electron chi connectivity index (χ1n) is 9.26. The third-order valence-electron chi connectivity index (χ3n) is 4.07. The number of aliphatic hydroxyl groups excluding tert-OH is 1. The van der Waals surface area contributed by atoms with Crippen molar-refractivity contribution in [2.24, 2.45) is 0 Å². The number of alkyl halides is 3. The average Bonchev–Trinajstić information content (AvgIpc) is 3.26. The van der Waals surface area contributed by atoms with E-state index in [1.54, 1.807) is 0 Å². The van der Waals surface area contributed by atoms with Crippen LogP contribution in [0.4, 0.5) is 24.7 Å². The number of aliphatic hydroxyl groups is 1. The molecule has 0 radical (unpaired) electrons. The van der Waals surface area contributed by atoms with Gasteiger partial charge in [-0.3, -0.25) is 9.59 Å². The van der Waals surface area contributed by atoms with E-state index in [1.165, 1.54) is 12.1 Å². The summed E-state index contributed by atoms with van der Waals surface area (Å²) in [4.78, 5) is 32.3. The van der Waals surface area contributed by atoms with E-state index in [0.29, 0.717) is 0 Å². The molecule has 0 bridgehead atoms. The van der Waals surface area contributed by atoms with Crippen LogP contribution in [0.15, 0.2) is 41.2 Å². The quantitative estimate of drug-likeness (QED) is 0.382. The number of hydrogen-bond donors (Lipinski definition) is 4. The summed E-state index contributed by atoms with van der Waals surface area (Å²) in [5, 5.41) is 20.0. The zero-order valence-corrected chi connectivity index (χ0v) is 17.4. The Bertz CT molecular complexity index is 1150. The normalized spacial score (nSPS) is 11.2. The van der Waals surface area contributed by atoms with Crippen LogP contribution in [-0.4, -0.2) is 45.2 Å². The lowest BCUT2D eigenvalue weighted by atomic mass is 10.2. The van der Waals surface area contributed by atoms with Gasteiger partial charge in [-0.05, 0) is 18.2 Å². The molecule has 33 heavy (non-hydrogen) atoms. The highest BCUT2D eigenvalue weighted by Gasteiger charge is 2.30. The second kappa shape index (κ2) is 10.3. The summed E-state index contributed by atoms with van der Waals surface area (Å²) in [6.07, 6.45) is -3.44. The molecule has 0 unspecified atom stereocenters. The van der Waals surface area contributed by atoms with Gasteiger partial charge in [0.2, 0.25) is 5.76 Å². The fourth-order valence-corrected chi connectivity index (χ4v) is 2.80. The van der Waals surface area contributed by atoms with Gasteiger partial charge in [0.05, 0.1) is 18.7 Å². The lowest BCUT2D eigenvalue weighted by molar-refractivity contribution is -0.137. The molecule has 0 saturated carbocycles. The van der Waals surface area contributed by atoms with Gasteiger partial charge in [0.25, 0.3) is 11.8 Å². The Morgan fingerprint density at radius 1 is 1.15 bits per heavy atom. The average molecular weight is 485 g/mol. The number of rotatable bonds is 8. The maximum atomic E-state index is 12.8. The highest BCUT2D eigenvalue weighted by Crippen LogP contribution is 2.30. The summed E-state index contributed by atoms with van der Waals surface area (Å²) < 4.78 is 43.3. The van der Waals surface area contributed by atoms with Crippen LogP contribution < -0.4 is 16.0 Å². The molecule has 0 fully saturated rings. The number of halogens is 4. The zero-order valence-electron chi connectivity index (χ0n) is 16.6. The molecule has 2 heterocycles. The number of hydrogen-bond acceptors (Lipinski definition) is 8. The van der Waals surface area contributed by atoms with Crippen LogP contribution in [0.5, 0.6) is 0 Å². The summed E-state index contributed by atoms with van der Waals surface area (Å²) in [7, 11) is 0. The second-order valence-corrected chi connectivity index (χ2v) is 6.81. The van der Waals surface area contributed by atoms with Gasteiger partial charge in [-0.1, -0.05) is 22.8 Å². The van der Waals surface area contributed by atoms with E-state index in [-0.39, 0.29) is 53.4 Å². The number of nitrogens with one attached hydrogen (secondary N) is 3. The standard InChI is InChI=1S/C19H16ClF3N6O4/c20-14-15(26-9-27-16(14)24-4-5-30)18(32)25-8-12-7-13(33-29-12)17(31)28-11-3-1-2-10(6-11)19(21,22)23/h1-3,6-7,9,30H,4-5,8H2,(H,25,32)(H,28,31)(H,24,26,27). The molecule has 0 aliphatic carbocycles. The van der Waals surface area contributed by atoms with Crippen LogP contribution in [0.3, 0.4) is 0 Å². The Morgan fingerprint density at radius 3 is 2.67 bits per heavy atom. The highest BCUT2D eigenvalue weighted by molar-refractivity contribution is 6.35. The van der Waals surface area contributed by atoms with E-state index in [0.717, 1.165) is 24.5 Å². The number of nitrogens with zero attached hydrogens (tertiary/aromatic N) is 3. The zero-order chi connectivity index (χ0) is 24.0. The van der Waals surface area contributed by atoms with Crippen molar-refractivity contribution >= 4 is 34.9 Å². The fourth-order valence-electron chi connectivity index (χ4n) is 2.55. The van der Waals surface area contributed by atoms with Crippen molar-refractivity contribution in [3.8, 4) is 0 Å². The molecular weight excluding hydrogens is 469 g/mol. The Balaban J connectivity index is 1.61. The van der Waals surface area contributed by atoms with Gasteiger partial charge < -0.3 is 25.6 Å². The van der Waals surface area contributed by atoms with Gasteiger partial charge in [0.15, 0.2) is 5.69 Å². The van der Waals surface area contributed by atoms with Crippen molar-refractivity contribution < 1.29 is 32.4 Å². The summed E-state index contributed by atoms with van der Waals surface area (Å²) in [6.45, 7) is -0.154. The summed E-state index contributed by atoms with van der Waals surface area (Å²) in [6, 6.07) is 5.33. The van der Waals surface area contributed by atoms with Crippen LogP contribution in [0.1, 0.15) is 32.3 Å². The number of carbonyl (C=O) groups is 2. The van der Waals surface area contributed by atoms with Gasteiger partial charge in [-0.2, -0.15) is 13.2 Å². The second-order valence-electron chi connectivity index (χ2n) is 6.43. The molecule has 0 aliphatic rings. The van der Waals surface area contributed by atoms with Crippen molar-refractivity contribution in [1.82, 2.24) is 20.4 Å². The van der Waals surface area contributed by atoms with Crippen molar-refractivity contribution in [3.63, 3.8) is 0 Å². The molecule has 4 N–H and O–H groups in total. The predicted molar refractivity (Wildman–Crippen MR) is 110 cm³/mol. The molecule has 2 aromatic heterocycles. The molecule has 174 valence electrons. The number of aromatic nitrogens is 3. The molecule has 3 rings (SSSR count). The maximum absolute atomic E-state index is 12.8. The van der Waals surface area contributed by atoms with E-state index < -0.39 is 23.6 Å². The Labute approximate surface area is 189 Å². The molecule has 0 aliphatic heterocycles. The van der Waals surface area contributed by atoms with Crippen molar-refractivity contribution in [1.29, 1.82) is 0 Å². The number of benzene rings is 1. The maximum Gasteiger partial charge on any atom is 0.416 e. The van der Waals surface area contributed by atoms with E-state index >= 15 is 0 Å². The van der Waals surface area contributed by atoms with Gasteiger partial charge >= 0.3 is 6.18 Å². The molecule has 0 atom stereocenters. The van der Waals surface area contributed by atoms with E-state index in [4.69, 9.17) is 21.2 Å². The minimum Gasteiger partial charge on any atom is -0.395 e. The molecule has 0 saturated heterocycles. The first-order chi connectivity index (χ1) is 15.7. The largest absolute Gasteiger partial charge is 0.416 e. The number of carbonyl (C=O) groups excluding carboxylic acids is 2. The highest BCUT2D eigenvalue weighted by atomic mass is 35.5. The van der Waals surface area contributed by atoms with Gasteiger partial charge in [-0.25, -0.2) is 9.97 Å². The predicted octanol–water partition coefficient (Wildman–Crippen LogP) is 2.72. The monoisotopic (exact) mass is 484 g/mol. The summed E-state index contributed by atoms with van der Waals surface area (Å²) in [5.41, 5.74) is -0.955. The molecule has 0 spiro atoms. The molecule has 10 nitrogen and oxygen atoms in total. The minimum atomic E-state index is -4.55. The number of anilines is 2. The van der Waals surface area contributed by atoms with Crippen LogP contribution in [0.25, 0.3) is 0 Å². The SMILES string of the molecule is O=C(Nc1cccc(C(F)(F)F)c1)c1cc(CNC(=O)c2ncnc(NCCO)c2Cl)no1. The summed E-state index contributed by atoms with van der Waals surface area (Å²) >= 11 is 6.10. The van der Waals surface area contributed by atoms with Crippen LogP contribution >= 0.6 is 11.6 Å². The first kappa shape index (κ1) is 23.9. The van der Waals surface area contributed by atoms with Crippen molar-refractivity contribution in [2.75, 3.05) is 23.8 Å². The summed E-state index contributed by atoms with van der Waals surface area (Å²) in [5.74, 6) is -1.58. The topological polar surface area (TPSA) is 142 Å². The minimum absolute atomic E-state index is 0.0512. The lowest BCUT2D eigenvalue weighted by Gasteiger charge is -2.09. The Morgan fingerprint density at radius 2 is 1.94 bits per heavy atom. The van der Waals surface area contributed by atoms with Crippen LogP contribution in [-0.2, 0) is 12.7 Å². The number of amides is 2. The molecule has 2 amide bonds. The third-order valence-corrected chi connectivity index (χ3v) is 4.43. The Kier molecular flexibility index (Phi) is 7.45. The first-order valence-corrected chi connectivity index (χ1v) is 9.64. The van der Waals surface area contributed by atoms with Crippen molar-refractivity contribution in [2.45, 2.75) is 12.7 Å². The molecule has 14 heteroatoms. The Hall–Kier alpha value is -3.71. The van der Waals surface area contributed by atoms with Gasteiger partial charge in [0.1, 0.15) is 22.9 Å². The molecule has 3 aromatic rings. The lowest BCUT2D eigenvalue weighted by Crippen LogP contribution is -2.25. The smallest absolute Gasteiger partial charge is 0.395 e. The van der Waals surface area contributed by atoms with Gasteiger partial charge in [-0.15, -0.1) is 0 Å². The third kappa shape index (κ3) is 6.17. The van der Waals surface area contributed by atoms with E-state index in [9.17, 15) is 22.8 Å². The van der Waals surface area contributed by atoms with Crippen LogP contribution in [0, 0.1) is 0 Å². The van der Waals surface area contributed by atoms with Crippen LogP contribution in [0.2, 0.25) is 5.02 Å². The molecule has 1 aromatic carbocycles. The van der Waals surface area contributed by atoms with E-state index in [2.05, 4.69) is 31.1 Å². The van der Waals surface area contributed by atoms with Gasteiger partial charge in [0, 0.05) is 18.3 Å². The van der Waals surface area contributed by atoms with Crippen molar-refractivity contribution in [3.05, 3.63) is 64.4 Å². The molecular formula is C19H16ClF3N6O4. The van der Waals surface area contributed by atoms with E-state index in [1.807, 2.05) is 0 Å².